The van der Waals surface area contributed by atoms with Crippen molar-refractivity contribution >= 4 is 40.1 Å². The van der Waals surface area contributed by atoms with Crippen molar-refractivity contribution < 1.29 is 0 Å². The molecule has 0 radical (unpaired) electrons. The molecule has 8 heteroatoms. The van der Waals surface area contributed by atoms with Gasteiger partial charge in [-0.3, -0.25) is 0 Å². The zero-order valence-electron chi connectivity index (χ0n) is 17.4. The number of hydrogen-bond acceptors (Lipinski definition) is 6. The van der Waals surface area contributed by atoms with Gasteiger partial charge in [0.2, 0.25) is 5.95 Å². The molecule has 1 aliphatic heterocycles. The van der Waals surface area contributed by atoms with Crippen molar-refractivity contribution in [2.75, 3.05) is 42.9 Å². The van der Waals surface area contributed by atoms with Gasteiger partial charge in [0, 0.05) is 36.9 Å². The molecule has 158 valence electrons. The molecule has 1 saturated heterocycles. The van der Waals surface area contributed by atoms with Crippen LogP contribution in [-0.4, -0.2) is 57.4 Å². The fourth-order valence-corrected chi connectivity index (χ4v) is 3.95. The molecule has 0 amide bonds. The Morgan fingerprint density at radius 1 is 0.935 bits per heavy atom. The highest BCUT2D eigenvalue weighted by Crippen LogP contribution is 2.28. The zero-order chi connectivity index (χ0) is 21.2. The average molecular weight is 434 g/mol. The van der Waals surface area contributed by atoms with Gasteiger partial charge < -0.3 is 15.1 Å². The van der Waals surface area contributed by atoms with Crippen molar-refractivity contribution in [2.45, 2.75) is 6.92 Å². The first-order chi connectivity index (χ1) is 15.2. The van der Waals surface area contributed by atoms with E-state index in [4.69, 9.17) is 21.6 Å². The summed E-state index contributed by atoms with van der Waals surface area (Å²) in [5, 5.41) is 9.63. The summed E-state index contributed by atoms with van der Waals surface area (Å²) in [6, 6.07) is 17.7. The number of halogens is 1. The minimum Gasteiger partial charge on any atom is -0.339 e. The topological polar surface area (TPSA) is 62.1 Å². The van der Waals surface area contributed by atoms with Gasteiger partial charge in [0.25, 0.3) is 0 Å². The van der Waals surface area contributed by atoms with Crippen LogP contribution in [0.3, 0.4) is 0 Å². The smallest absolute Gasteiger partial charge is 0.229 e. The van der Waals surface area contributed by atoms with Gasteiger partial charge in [-0.1, -0.05) is 36.7 Å². The van der Waals surface area contributed by atoms with E-state index in [1.54, 1.807) is 0 Å². The Labute approximate surface area is 186 Å². The maximum absolute atomic E-state index is 6.05. The lowest BCUT2D eigenvalue weighted by Crippen LogP contribution is -2.46. The minimum absolute atomic E-state index is 0.699. The molecule has 2 aromatic heterocycles. The van der Waals surface area contributed by atoms with Crippen LogP contribution < -0.4 is 10.2 Å². The Morgan fingerprint density at radius 2 is 1.68 bits per heavy atom. The van der Waals surface area contributed by atoms with Gasteiger partial charge in [-0.05, 0) is 42.9 Å². The molecule has 4 aromatic rings. The number of benzene rings is 2. The number of piperazine rings is 1. The molecule has 7 nitrogen and oxygen atoms in total. The van der Waals surface area contributed by atoms with E-state index in [1.807, 2.05) is 65.5 Å². The number of anilines is 3. The summed E-state index contributed by atoms with van der Waals surface area (Å²) in [7, 11) is 0. The number of rotatable bonds is 5. The molecule has 0 atom stereocenters. The molecule has 0 unspecified atom stereocenters. The predicted molar refractivity (Wildman–Crippen MR) is 126 cm³/mol. The fourth-order valence-electron chi connectivity index (χ4n) is 3.83. The Hall–Kier alpha value is -3.16. The van der Waals surface area contributed by atoms with Gasteiger partial charge in [-0.2, -0.15) is 15.1 Å². The Balaban J connectivity index is 1.58. The summed E-state index contributed by atoms with van der Waals surface area (Å²) < 4.78 is 1.87. The van der Waals surface area contributed by atoms with Gasteiger partial charge in [0.1, 0.15) is 5.82 Å². The van der Waals surface area contributed by atoms with E-state index in [2.05, 4.69) is 27.1 Å². The van der Waals surface area contributed by atoms with Crippen molar-refractivity contribution in [2.24, 2.45) is 0 Å². The van der Waals surface area contributed by atoms with Crippen LogP contribution in [0.2, 0.25) is 5.02 Å². The van der Waals surface area contributed by atoms with Crippen LogP contribution in [0.4, 0.5) is 17.5 Å². The lowest BCUT2D eigenvalue weighted by Gasteiger charge is -2.34. The molecule has 1 N–H and O–H groups in total. The first kappa shape index (κ1) is 19.8. The third-order valence-electron chi connectivity index (χ3n) is 5.63. The van der Waals surface area contributed by atoms with E-state index >= 15 is 0 Å². The molecule has 0 spiro atoms. The quantitative estimate of drug-likeness (QED) is 0.504. The standard InChI is InChI=1S/C23H24ClN7/c1-2-29-12-14-30(15-13-29)23-27-21(26-18-10-8-17(24)9-11-18)20-16-25-31(22(20)28-23)19-6-4-3-5-7-19/h3-11,16H,2,12-15H2,1H3,(H,26,27,28). The van der Waals surface area contributed by atoms with E-state index in [0.29, 0.717) is 5.02 Å². The van der Waals surface area contributed by atoms with Crippen molar-refractivity contribution in [1.29, 1.82) is 0 Å². The van der Waals surface area contributed by atoms with Gasteiger partial charge >= 0.3 is 0 Å². The van der Waals surface area contributed by atoms with E-state index in [0.717, 1.165) is 66.9 Å². The van der Waals surface area contributed by atoms with Gasteiger partial charge in [0.15, 0.2) is 5.65 Å². The Bertz CT molecular complexity index is 1170. The molecule has 5 rings (SSSR count). The highest BCUT2D eigenvalue weighted by atomic mass is 35.5. The molecule has 0 aliphatic carbocycles. The lowest BCUT2D eigenvalue weighted by molar-refractivity contribution is 0.270. The Morgan fingerprint density at radius 3 is 2.39 bits per heavy atom. The number of nitrogens with zero attached hydrogens (tertiary/aromatic N) is 6. The van der Waals surface area contributed by atoms with Crippen molar-refractivity contribution in [1.82, 2.24) is 24.6 Å². The number of fused-ring (bicyclic) bond motifs is 1. The van der Waals surface area contributed by atoms with E-state index < -0.39 is 0 Å². The fraction of sp³-hybridized carbons (Fsp3) is 0.261. The molecule has 1 fully saturated rings. The third kappa shape index (κ3) is 4.06. The summed E-state index contributed by atoms with van der Waals surface area (Å²) in [5.41, 5.74) is 2.67. The largest absolute Gasteiger partial charge is 0.339 e. The highest BCUT2D eigenvalue weighted by Gasteiger charge is 2.21. The third-order valence-corrected chi connectivity index (χ3v) is 5.88. The molecule has 0 bridgehead atoms. The van der Waals surface area contributed by atoms with E-state index in [9.17, 15) is 0 Å². The summed E-state index contributed by atoms with van der Waals surface area (Å²) in [5.74, 6) is 1.46. The van der Waals surface area contributed by atoms with Crippen molar-refractivity contribution in [3.05, 3.63) is 65.8 Å². The highest BCUT2D eigenvalue weighted by molar-refractivity contribution is 6.30. The zero-order valence-corrected chi connectivity index (χ0v) is 18.1. The van der Waals surface area contributed by atoms with Crippen LogP contribution in [0.25, 0.3) is 16.7 Å². The summed E-state index contributed by atoms with van der Waals surface area (Å²) in [4.78, 5) is 14.5. The molecule has 3 heterocycles. The second-order valence-electron chi connectivity index (χ2n) is 7.55. The normalized spacial score (nSPS) is 14.8. The SMILES string of the molecule is CCN1CCN(c2nc(Nc3ccc(Cl)cc3)c3cnn(-c4ccccc4)c3n2)CC1. The number of hydrogen-bond donors (Lipinski definition) is 1. The van der Waals surface area contributed by atoms with E-state index in [1.165, 1.54) is 0 Å². The van der Waals surface area contributed by atoms with Crippen LogP contribution in [0, 0.1) is 0 Å². The van der Waals surface area contributed by atoms with Crippen molar-refractivity contribution in [3.8, 4) is 5.69 Å². The van der Waals surface area contributed by atoms with Crippen LogP contribution in [-0.2, 0) is 0 Å². The van der Waals surface area contributed by atoms with Crippen molar-refractivity contribution in [3.63, 3.8) is 0 Å². The second-order valence-corrected chi connectivity index (χ2v) is 7.99. The van der Waals surface area contributed by atoms with Gasteiger partial charge in [0.05, 0.1) is 17.3 Å². The lowest BCUT2D eigenvalue weighted by atomic mass is 10.3. The molecular weight excluding hydrogens is 410 g/mol. The van der Waals surface area contributed by atoms with Crippen LogP contribution >= 0.6 is 11.6 Å². The number of nitrogens with one attached hydrogen (secondary N) is 1. The average Bonchev–Trinajstić information content (AvgIpc) is 3.25. The number of aromatic nitrogens is 4. The molecule has 0 saturated carbocycles. The summed E-state index contributed by atoms with van der Waals surface area (Å²) >= 11 is 6.05. The number of likely N-dealkylation sites (N-methyl/N-ethyl adjacent to an activating group) is 1. The predicted octanol–water partition coefficient (Wildman–Crippen LogP) is 4.35. The molecule has 2 aromatic carbocycles. The monoisotopic (exact) mass is 433 g/mol. The molecule has 1 aliphatic rings. The summed E-state index contributed by atoms with van der Waals surface area (Å²) in [6.45, 7) is 7.09. The minimum atomic E-state index is 0.699. The molecule has 31 heavy (non-hydrogen) atoms. The maximum atomic E-state index is 6.05. The number of para-hydroxylation sites is 1. The van der Waals surface area contributed by atoms with Crippen LogP contribution in [0.1, 0.15) is 6.92 Å². The van der Waals surface area contributed by atoms with Gasteiger partial charge in [-0.25, -0.2) is 4.68 Å². The van der Waals surface area contributed by atoms with Gasteiger partial charge in [-0.15, -0.1) is 0 Å². The first-order valence-corrected chi connectivity index (χ1v) is 10.9. The molecular formula is C23H24ClN7. The second kappa shape index (κ2) is 8.53. The first-order valence-electron chi connectivity index (χ1n) is 10.5. The van der Waals surface area contributed by atoms with Crippen LogP contribution in [0.5, 0.6) is 0 Å². The van der Waals surface area contributed by atoms with E-state index in [-0.39, 0.29) is 0 Å². The Kier molecular flexibility index (Phi) is 5.44. The maximum Gasteiger partial charge on any atom is 0.229 e. The summed E-state index contributed by atoms with van der Waals surface area (Å²) in [6.07, 6.45) is 1.82. The van der Waals surface area contributed by atoms with Crippen LogP contribution in [0.15, 0.2) is 60.8 Å².